The van der Waals surface area contributed by atoms with E-state index >= 15 is 0 Å². The quantitative estimate of drug-likeness (QED) is 0.511. The van der Waals surface area contributed by atoms with E-state index in [9.17, 15) is 17.6 Å². The minimum Gasteiger partial charge on any atom is -0.379 e. The molecule has 2 aliphatic heterocycles. The first-order valence-electron chi connectivity index (χ1n) is 11.1. The number of hydrogen-bond acceptors (Lipinski definition) is 7. The van der Waals surface area contributed by atoms with Crippen molar-refractivity contribution in [3.05, 3.63) is 53.8 Å². The lowest BCUT2D eigenvalue weighted by Gasteiger charge is -2.26. The molecular formula is C23H24FN3O5S2. The van der Waals surface area contributed by atoms with Crippen molar-refractivity contribution in [2.75, 3.05) is 44.4 Å². The van der Waals surface area contributed by atoms with Crippen LogP contribution in [0.5, 0.6) is 0 Å². The van der Waals surface area contributed by atoms with Gasteiger partial charge in [-0.2, -0.15) is 4.31 Å². The zero-order chi connectivity index (χ0) is 23.7. The van der Waals surface area contributed by atoms with Crippen LogP contribution in [0.3, 0.4) is 0 Å². The standard InChI is InChI=1S/C23H24FN3O5S2/c24-17-5-8-20-21(14-17)33-23(25-20)27(15-18-2-1-11-32-18)22(28)16-3-6-19(7-4-16)34(29,30)26-9-12-31-13-10-26/h3-8,14,18H,1-2,9-13,15H2. The Kier molecular flexibility index (Phi) is 6.63. The van der Waals surface area contributed by atoms with Crippen molar-refractivity contribution in [2.45, 2.75) is 23.8 Å². The van der Waals surface area contributed by atoms with Gasteiger partial charge in [0.2, 0.25) is 10.0 Å². The summed E-state index contributed by atoms with van der Waals surface area (Å²) >= 11 is 1.24. The second kappa shape index (κ2) is 9.67. The minimum atomic E-state index is -3.65. The third-order valence-corrected chi connectivity index (χ3v) is 8.89. The first-order valence-corrected chi connectivity index (χ1v) is 13.3. The van der Waals surface area contributed by atoms with E-state index in [1.54, 1.807) is 11.0 Å². The van der Waals surface area contributed by atoms with Crippen LogP contribution in [0.4, 0.5) is 9.52 Å². The molecule has 0 radical (unpaired) electrons. The molecule has 0 bridgehead atoms. The van der Waals surface area contributed by atoms with E-state index in [1.165, 1.54) is 52.0 Å². The SMILES string of the molecule is O=C(c1ccc(S(=O)(=O)N2CCOCC2)cc1)N(CC1CCCO1)c1nc2ccc(F)cc2s1. The molecule has 0 N–H and O–H groups in total. The summed E-state index contributed by atoms with van der Waals surface area (Å²) in [4.78, 5) is 19.8. The highest BCUT2D eigenvalue weighted by molar-refractivity contribution is 7.89. The predicted molar refractivity (Wildman–Crippen MR) is 126 cm³/mol. The van der Waals surface area contributed by atoms with Gasteiger partial charge in [-0.3, -0.25) is 9.69 Å². The van der Waals surface area contributed by atoms with Crippen molar-refractivity contribution < 1.29 is 27.1 Å². The summed E-state index contributed by atoms with van der Waals surface area (Å²) in [6.07, 6.45) is 1.64. The molecule has 1 amide bonds. The Morgan fingerprint density at radius 3 is 2.62 bits per heavy atom. The molecule has 8 nitrogen and oxygen atoms in total. The van der Waals surface area contributed by atoms with E-state index in [4.69, 9.17) is 9.47 Å². The summed E-state index contributed by atoms with van der Waals surface area (Å²) in [5.74, 6) is -0.679. The molecule has 3 aromatic rings. The summed E-state index contributed by atoms with van der Waals surface area (Å²) in [7, 11) is -3.65. The monoisotopic (exact) mass is 505 g/mol. The molecule has 180 valence electrons. The second-order valence-electron chi connectivity index (χ2n) is 8.20. The average molecular weight is 506 g/mol. The Morgan fingerprint density at radius 2 is 1.91 bits per heavy atom. The summed E-state index contributed by atoms with van der Waals surface area (Å²) in [5, 5.41) is 0.450. The van der Waals surface area contributed by atoms with Crippen LogP contribution in [-0.2, 0) is 19.5 Å². The summed E-state index contributed by atoms with van der Waals surface area (Å²) in [5.41, 5.74) is 0.947. The van der Waals surface area contributed by atoms with Crippen LogP contribution >= 0.6 is 11.3 Å². The lowest BCUT2D eigenvalue weighted by atomic mass is 10.2. The third-order valence-electron chi connectivity index (χ3n) is 5.93. The number of ether oxygens (including phenoxy) is 2. The van der Waals surface area contributed by atoms with Crippen LogP contribution in [-0.4, -0.2) is 69.2 Å². The van der Waals surface area contributed by atoms with Crippen molar-refractivity contribution >= 4 is 42.6 Å². The van der Waals surface area contributed by atoms with Gasteiger partial charge in [0.25, 0.3) is 5.91 Å². The lowest BCUT2D eigenvalue weighted by molar-refractivity contribution is 0.0730. The molecule has 1 unspecified atom stereocenters. The van der Waals surface area contributed by atoms with Gasteiger partial charge in [-0.15, -0.1) is 0 Å². The number of benzene rings is 2. The highest BCUT2D eigenvalue weighted by Gasteiger charge is 2.29. The normalized spacial score (nSPS) is 19.5. The molecule has 0 spiro atoms. The predicted octanol–water partition coefficient (Wildman–Crippen LogP) is 3.28. The maximum absolute atomic E-state index is 13.7. The maximum atomic E-state index is 13.7. The molecule has 11 heteroatoms. The van der Waals surface area contributed by atoms with Gasteiger partial charge in [-0.1, -0.05) is 11.3 Å². The van der Waals surface area contributed by atoms with E-state index in [0.717, 1.165) is 12.8 Å². The number of nitrogens with zero attached hydrogens (tertiary/aromatic N) is 3. The van der Waals surface area contributed by atoms with Gasteiger partial charge in [-0.05, 0) is 55.3 Å². The molecule has 3 heterocycles. The van der Waals surface area contributed by atoms with Crippen LogP contribution in [0.25, 0.3) is 10.2 Å². The number of anilines is 1. The highest BCUT2D eigenvalue weighted by atomic mass is 32.2. The lowest BCUT2D eigenvalue weighted by Crippen LogP contribution is -2.40. The molecule has 1 aromatic heterocycles. The van der Waals surface area contributed by atoms with Crippen LogP contribution in [0, 0.1) is 5.82 Å². The molecule has 34 heavy (non-hydrogen) atoms. The Morgan fingerprint density at radius 1 is 1.15 bits per heavy atom. The number of morpholine rings is 1. The molecule has 0 aliphatic carbocycles. The van der Waals surface area contributed by atoms with Crippen LogP contribution < -0.4 is 4.90 Å². The molecule has 2 aromatic carbocycles. The number of carbonyl (C=O) groups excluding carboxylic acids is 1. The number of hydrogen-bond donors (Lipinski definition) is 0. The fourth-order valence-corrected chi connectivity index (χ4v) is 6.51. The topological polar surface area (TPSA) is 89.0 Å². The molecular weight excluding hydrogens is 481 g/mol. The average Bonchev–Trinajstić information content (AvgIpc) is 3.52. The third kappa shape index (κ3) is 4.71. The maximum Gasteiger partial charge on any atom is 0.260 e. The van der Waals surface area contributed by atoms with Gasteiger partial charge in [-0.25, -0.2) is 17.8 Å². The number of aromatic nitrogens is 1. The number of thiazole rings is 1. The summed E-state index contributed by atoms with van der Waals surface area (Å²) in [6, 6.07) is 10.3. The largest absolute Gasteiger partial charge is 0.379 e. The van der Waals surface area contributed by atoms with Crippen LogP contribution in [0.2, 0.25) is 0 Å². The minimum absolute atomic E-state index is 0.117. The first kappa shape index (κ1) is 23.3. The molecule has 1 atom stereocenters. The number of carbonyl (C=O) groups is 1. The number of amides is 1. The van der Waals surface area contributed by atoms with Crippen molar-refractivity contribution in [1.82, 2.24) is 9.29 Å². The van der Waals surface area contributed by atoms with Crippen molar-refractivity contribution in [2.24, 2.45) is 0 Å². The van der Waals surface area contributed by atoms with Gasteiger partial charge >= 0.3 is 0 Å². The van der Waals surface area contributed by atoms with E-state index in [-0.39, 0.29) is 22.7 Å². The van der Waals surface area contributed by atoms with Gasteiger partial charge in [0.15, 0.2) is 5.13 Å². The van der Waals surface area contributed by atoms with Crippen LogP contribution in [0.1, 0.15) is 23.2 Å². The van der Waals surface area contributed by atoms with Crippen molar-refractivity contribution in [3.8, 4) is 0 Å². The van der Waals surface area contributed by atoms with Gasteiger partial charge in [0.1, 0.15) is 5.82 Å². The van der Waals surface area contributed by atoms with Gasteiger partial charge in [0, 0.05) is 25.3 Å². The zero-order valence-corrected chi connectivity index (χ0v) is 20.0. The Balaban J connectivity index is 1.43. The smallest absolute Gasteiger partial charge is 0.260 e. The second-order valence-corrected chi connectivity index (χ2v) is 11.1. The van der Waals surface area contributed by atoms with Gasteiger partial charge in [0.05, 0.1) is 41.0 Å². The van der Waals surface area contributed by atoms with E-state index in [0.29, 0.717) is 60.4 Å². The van der Waals surface area contributed by atoms with E-state index in [1.807, 2.05) is 0 Å². The first-order chi connectivity index (χ1) is 16.4. The Bertz CT molecular complexity index is 1280. The van der Waals surface area contributed by atoms with E-state index < -0.39 is 10.0 Å². The van der Waals surface area contributed by atoms with Crippen molar-refractivity contribution in [3.63, 3.8) is 0 Å². The number of fused-ring (bicyclic) bond motifs is 1. The molecule has 2 aliphatic rings. The Labute approximate surface area is 201 Å². The summed E-state index contributed by atoms with van der Waals surface area (Å²) in [6.45, 7) is 2.29. The Hall–Kier alpha value is -2.44. The molecule has 2 saturated heterocycles. The molecule has 0 saturated carbocycles. The molecule has 2 fully saturated rings. The van der Waals surface area contributed by atoms with Gasteiger partial charge < -0.3 is 9.47 Å². The zero-order valence-electron chi connectivity index (χ0n) is 18.4. The van der Waals surface area contributed by atoms with E-state index in [2.05, 4.69) is 4.98 Å². The highest BCUT2D eigenvalue weighted by Crippen LogP contribution is 2.31. The van der Waals surface area contributed by atoms with Crippen molar-refractivity contribution in [1.29, 1.82) is 0 Å². The fourth-order valence-electron chi connectivity index (χ4n) is 4.10. The van der Waals surface area contributed by atoms with Crippen LogP contribution in [0.15, 0.2) is 47.4 Å². The fraction of sp³-hybridized carbons (Fsp3) is 0.391. The number of halogens is 1. The number of sulfonamides is 1. The number of rotatable bonds is 6. The molecule has 5 rings (SSSR count). The summed E-state index contributed by atoms with van der Waals surface area (Å²) < 4.78 is 52.5.